The number of rotatable bonds is 8. The third-order valence-corrected chi connectivity index (χ3v) is 7.91. The van der Waals surface area contributed by atoms with Crippen molar-refractivity contribution in [2.24, 2.45) is 7.05 Å². The molecular formula is C23H32N6O4S. The van der Waals surface area contributed by atoms with Crippen molar-refractivity contribution in [3.63, 3.8) is 0 Å². The SMILES string of the molecule is CCCOc1ccc(S(=O)(=O)N2CCN(C)CC2)cc1-c1nc2c(CCC)nn(C)c2c(=O)[nH]1. The molecule has 3 heterocycles. The van der Waals surface area contributed by atoms with E-state index in [9.17, 15) is 13.2 Å². The number of hydrogen-bond acceptors (Lipinski definition) is 7. The zero-order valence-corrected chi connectivity index (χ0v) is 21.0. The van der Waals surface area contributed by atoms with Crippen molar-refractivity contribution < 1.29 is 13.2 Å². The first kappa shape index (κ1) is 24.4. The minimum atomic E-state index is -3.70. The number of aromatic amines is 1. The number of benzene rings is 1. The Morgan fingerprint density at radius 3 is 2.50 bits per heavy atom. The van der Waals surface area contributed by atoms with Gasteiger partial charge in [0.2, 0.25) is 10.0 Å². The molecule has 1 aromatic carbocycles. The van der Waals surface area contributed by atoms with E-state index in [4.69, 9.17) is 9.72 Å². The quantitative estimate of drug-likeness (QED) is 0.516. The number of ether oxygens (including phenoxy) is 1. The van der Waals surface area contributed by atoms with E-state index in [-0.39, 0.29) is 16.3 Å². The van der Waals surface area contributed by atoms with Crippen LogP contribution in [0.1, 0.15) is 32.4 Å². The van der Waals surface area contributed by atoms with Crippen molar-refractivity contribution in [2.75, 3.05) is 39.8 Å². The Labute approximate surface area is 199 Å². The molecule has 1 aliphatic heterocycles. The predicted octanol–water partition coefficient (Wildman–Crippen LogP) is 2.00. The van der Waals surface area contributed by atoms with Gasteiger partial charge in [0.1, 0.15) is 17.1 Å². The Morgan fingerprint density at radius 1 is 1.09 bits per heavy atom. The van der Waals surface area contributed by atoms with Crippen molar-refractivity contribution >= 4 is 21.1 Å². The molecule has 11 heteroatoms. The smallest absolute Gasteiger partial charge is 0.277 e. The summed E-state index contributed by atoms with van der Waals surface area (Å²) in [4.78, 5) is 22.8. The summed E-state index contributed by atoms with van der Waals surface area (Å²) in [7, 11) is -0.00678. The van der Waals surface area contributed by atoms with Crippen LogP contribution in [-0.2, 0) is 23.5 Å². The third kappa shape index (κ3) is 4.59. The molecule has 0 saturated carbocycles. The number of nitrogens with zero attached hydrogens (tertiary/aromatic N) is 5. The lowest BCUT2D eigenvalue weighted by Crippen LogP contribution is -2.47. The van der Waals surface area contributed by atoms with Crippen molar-refractivity contribution in [2.45, 2.75) is 38.0 Å². The van der Waals surface area contributed by atoms with Gasteiger partial charge in [-0.3, -0.25) is 9.48 Å². The van der Waals surface area contributed by atoms with Crippen LogP contribution in [0.5, 0.6) is 5.75 Å². The molecule has 1 N–H and O–H groups in total. The van der Waals surface area contributed by atoms with Gasteiger partial charge in [-0.2, -0.15) is 9.40 Å². The van der Waals surface area contributed by atoms with Crippen LogP contribution >= 0.6 is 0 Å². The Bertz CT molecular complexity index is 1340. The zero-order chi connectivity index (χ0) is 24.5. The molecule has 0 atom stereocenters. The number of fused-ring (bicyclic) bond motifs is 1. The second kappa shape index (κ2) is 9.85. The summed E-state index contributed by atoms with van der Waals surface area (Å²) in [5, 5.41) is 4.47. The zero-order valence-electron chi connectivity index (χ0n) is 20.2. The molecule has 1 fully saturated rings. The van der Waals surface area contributed by atoms with Gasteiger partial charge in [0.15, 0.2) is 5.52 Å². The molecule has 0 spiro atoms. The number of aromatic nitrogens is 4. The average molecular weight is 489 g/mol. The highest BCUT2D eigenvalue weighted by molar-refractivity contribution is 7.89. The highest BCUT2D eigenvalue weighted by Gasteiger charge is 2.29. The molecule has 1 saturated heterocycles. The van der Waals surface area contributed by atoms with Crippen molar-refractivity contribution in [1.82, 2.24) is 29.0 Å². The molecule has 4 rings (SSSR count). The molecule has 184 valence electrons. The number of H-pyrrole nitrogens is 1. The van der Waals surface area contributed by atoms with E-state index in [1.807, 2.05) is 20.9 Å². The summed E-state index contributed by atoms with van der Waals surface area (Å²) in [6, 6.07) is 4.76. The van der Waals surface area contributed by atoms with Crippen LogP contribution in [-0.4, -0.2) is 77.2 Å². The lowest BCUT2D eigenvalue weighted by Gasteiger charge is -2.31. The maximum absolute atomic E-state index is 13.4. The number of nitrogens with one attached hydrogen (secondary N) is 1. The van der Waals surface area contributed by atoms with Gasteiger partial charge < -0.3 is 14.6 Å². The van der Waals surface area contributed by atoms with Crippen molar-refractivity contribution in [3.05, 3.63) is 34.2 Å². The molecule has 0 bridgehead atoms. The average Bonchev–Trinajstić information content (AvgIpc) is 3.13. The molecule has 10 nitrogen and oxygen atoms in total. The summed E-state index contributed by atoms with van der Waals surface area (Å²) in [5.74, 6) is 0.743. The minimum absolute atomic E-state index is 0.151. The van der Waals surface area contributed by atoms with Gasteiger partial charge in [0, 0.05) is 33.2 Å². The maximum Gasteiger partial charge on any atom is 0.277 e. The van der Waals surface area contributed by atoms with Crippen molar-refractivity contribution in [3.8, 4) is 17.1 Å². The van der Waals surface area contributed by atoms with Gasteiger partial charge >= 0.3 is 0 Å². The van der Waals surface area contributed by atoms with E-state index in [0.29, 0.717) is 61.6 Å². The normalized spacial score (nSPS) is 15.8. The van der Waals surface area contributed by atoms with Crippen LogP contribution in [0.25, 0.3) is 22.4 Å². The van der Waals surface area contributed by atoms with E-state index in [1.165, 1.54) is 4.31 Å². The Morgan fingerprint density at radius 2 is 1.82 bits per heavy atom. The lowest BCUT2D eigenvalue weighted by atomic mass is 10.1. The first-order valence-corrected chi connectivity index (χ1v) is 13.1. The molecule has 34 heavy (non-hydrogen) atoms. The van der Waals surface area contributed by atoms with Gasteiger partial charge in [0.05, 0.1) is 22.8 Å². The minimum Gasteiger partial charge on any atom is -0.493 e. The van der Waals surface area contributed by atoms with Gasteiger partial charge in [-0.15, -0.1) is 0 Å². The van der Waals surface area contributed by atoms with Crippen LogP contribution < -0.4 is 10.3 Å². The fraction of sp³-hybridized carbons (Fsp3) is 0.522. The van der Waals surface area contributed by atoms with Crippen LogP contribution in [0.15, 0.2) is 27.9 Å². The second-order valence-electron chi connectivity index (χ2n) is 8.65. The van der Waals surface area contributed by atoms with Crippen LogP contribution in [0, 0.1) is 0 Å². The van der Waals surface area contributed by atoms with Gasteiger partial charge in [-0.1, -0.05) is 20.3 Å². The summed E-state index contributed by atoms with van der Waals surface area (Å²) in [5.41, 5.74) is 1.77. The first-order valence-electron chi connectivity index (χ1n) is 11.7. The third-order valence-electron chi connectivity index (χ3n) is 6.02. The Balaban J connectivity index is 1.85. The van der Waals surface area contributed by atoms with Crippen LogP contribution in [0.3, 0.4) is 0 Å². The van der Waals surface area contributed by atoms with Crippen LogP contribution in [0.4, 0.5) is 0 Å². The molecule has 1 aliphatic rings. The molecular weight excluding hydrogens is 456 g/mol. The van der Waals surface area contributed by atoms with E-state index in [0.717, 1.165) is 18.5 Å². The van der Waals surface area contributed by atoms with Gasteiger partial charge in [-0.25, -0.2) is 13.4 Å². The van der Waals surface area contributed by atoms with E-state index >= 15 is 0 Å². The Hall–Kier alpha value is -2.76. The van der Waals surface area contributed by atoms with E-state index in [2.05, 4.69) is 15.0 Å². The highest BCUT2D eigenvalue weighted by Crippen LogP contribution is 2.32. The summed E-state index contributed by atoms with van der Waals surface area (Å²) in [6.07, 6.45) is 2.33. The molecule has 0 amide bonds. The van der Waals surface area contributed by atoms with Gasteiger partial charge in [0.25, 0.3) is 5.56 Å². The monoisotopic (exact) mass is 488 g/mol. The first-order chi connectivity index (χ1) is 16.3. The Kier molecular flexibility index (Phi) is 7.06. The largest absolute Gasteiger partial charge is 0.493 e. The fourth-order valence-corrected chi connectivity index (χ4v) is 5.60. The number of aryl methyl sites for hydroxylation is 2. The molecule has 0 radical (unpaired) electrons. The fourth-order valence-electron chi connectivity index (χ4n) is 4.15. The number of likely N-dealkylation sites (N-methyl/N-ethyl adjacent to an activating group) is 1. The summed E-state index contributed by atoms with van der Waals surface area (Å²) >= 11 is 0. The van der Waals surface area contributed by atoms with E-state index in [1.54, 1.807) is 29.9 Å². The standard InChI is InChI=1S/C23H32N6O4S/c1-5-7-18-20-21(28(4)26-18)23(30)25-22(24-20)17-15-16(8-9-19(17)33-14-6-2)34(31,32)29-12-10-27(3)11-13-29/h8-9,15H,5-7,10-14H2,1-4H3,(H,24,25,30). The summed E-state index contributed by atoms with van der Waals surface area (Å²) in [6.45, 7) is 6.70. The van der Waals surface area contributed by atoms with Crippen molar-refractivity contribution in [1.29, 1.82) is 0 Å². The lowest BCUT2D eigenvalue weighted by molar-refractivity contribution is 0.222. The highest BCUT2D eigenvalue weighted by atomic mass is 32.2. The predicted molar refractivity (Wildman–Crippen MR) is 131 cm³/mol. The second-order valence-corrected chi connectivity index (χ2v) is 10.6. The maximum atomic E-state index is 13.4. The van der Waals surface area contributed by atoms with Crippen LogP contribution in [0.2, 0.25) is 0 Å². The number of piperazine rings is 1. The van der Waals surface area contributed by atoms with E-state index < -0.39 is 10.0 Å². The molecule has 2 aromatic heterocycles. The number of hydrogen-bond donors (Lipinski definition) is 1. The summed E-state index contributed by atoms with van der Waals surface area (Å²) < 4.78 is 35.7. The molecule has 0 unspecified atom stereocenters. The molecule has 0 aliphatic carbocycles. The van der Waals surface area contributed by atoms with Gasteiger partial charge in [-0.05, 0) is 38.1 Å². The number of sulfonamides is 1. The topological polar surface area (TPSA) is 113 Å². The molecule has 3 aromatic rings.